The van der Waals surface area contributed by atoms with Crippen LogP contribution in [-0.4, -0.2) is 33.2 Å². The van der Waals surface area contributed by atoms with Gasteiger partial charge >= 0.3 is 0 Å². The fraction of sp³-hybridized carbons (Fsp3) is 0.308. The Balaban J connectivity index is 1.65. The summed E-state index contributed by atoms with van der Waals surface area (Å²) in [5.74, 6) is 0. The maximum atomic E-state index is 12.5. The summed E-state index contributed by atoms with van der Waals surface area (Å²) < 4.78 is 0. The molecule has 0 atom stereocenters. The maximum absolute atomic E-state index is 12.5. The summed E-state index contributed by atoms with van der Waals surface area (Å²) in [4.78, 5) is 18.5. The zero-order valence-corrected chi connectivity index (χ0v) is 18.2. The third kappa shape index (κ3) is 4.94. The zero-order valence-electron chi connectivity index (χ0n) is 18.2. The van der Waals surface area contributed by atoms with E-state index >= 15 is 0 Å². The van der Waals surface area contributed by atoms with E-state index in [-0.39, 0.29) is 5.56 Å². The van der Waals surface area contributed by atoms with Crippen LogP contribution in [0.4, 0.5) is 0 Å². The first-order valence-corrected chi connectivity index (χ1v) is 11.1. The SMILES string of the molecule is C=C/C=C(\C=C/C)c1cc(-c2cc3cc(CN4CCCCCC4)ccc3[nH]2)c(=O)[nH]n1. The second-order valence-electron chi connectivity index (χ2n) is 8.15. The molecule has 31 heavy (non-hydrogen) atoms. The number of fused-ring (bicyclic) bond motifs is 1. The molecule has 0 saturated carbocycles. The van der Waals surface area contributed by atoms with E-state index in [1.54, 1.807) is 6.08 Å². The lowest BCUT2D eigenvalue weighted by molar-refractivity contribution is 0.277. The van der Waals surface area contributed by atoms with Crippen molar-refractivity contribution in [1.29, 1.82) is 0 Å². The van der Waals surface area contributed by atoms with Gasteiger partial charge in [-0.1, -0.05) is 49.8 Å². The number of likely N-dealkylation sites (tertiary alicyclic amines) is 1. The summed E-state index contributed by atoms with van der Waals surface area (Å²) in [6, 6.07) is 10.4. The van der Waals surface area contributed by atoms with Crippen molar-refractivity contribution in [2.75, 3.05) is 13.1 Å². The molecule has 160 valence electrons. The Morgan fingerprint density at radius 2 is 1.97 bits per heavy atom. The number of allylic oxidation sites excluding steroid dienone is 5. The van der Waals surface area contributed by atoms with E-state index in [9.17, 15) is 4.79 Å². The molecule has 5 nitrogen and oxygen atoms in total. The topological polar surface area (TPSA) is 64.8 Å². The van der Waals surface area contributed by atoms with Crippen LogP contribution >= 0.6 is 0 Å². The lowest BCUT2D eigenvalue weighted by Gasteiger charge is -2.19. The number of nitrogens with one attached hydrogen (secondary N) is 2. The number of nitrogens with zero attached hydrogens (tertiary/aromatic N) is 2. The van der Waals surface area contributed by atoms with Crippen LogP contribution in [0.15, 0.2) is 66.0 Å². The number of hydrogen-bond donors (Lipinski definition) is 2. The van der Waals surface area contributed by atoms with E-state index in [4.69, 9.17) is 0 Å². The average molecular weight is 415 g/mol. The third-order valence-corrected chi connectivity index (χ3v) is 5.82. The minimum absolute atomic E-state index is 0.210. The van der Waals surface area contributed by atoms with E-state index in [0.717, 1.165) is 28.7 Å². The number of hydrogen-bond acceptors (Lipinski definition) is 3. The Kier molecular flexibility index (Phi) is 6.63. The van der Waals surface area contributed by atoms with Crippen molar-refractivity contribution in [3.05, 3.63) is 82.8 Å². The highest BCUT2D eigenvalue weighted by molar-refractivity contribution is 5.87. The van der Waals surface area contributed by atoms with Crippen LogP contribution in [0.5, 0.6) is 0 Å². The van der Waals surface area contributed by atoms with Gasteiger partial charge < -0.3 is 4.98 Å². The Morgan fingerprint density at radius 1 is 1.16 bits per heavy atom. The molecule has 1 fully saturated rings. The smallest absolute Gasteiger partial charge is 0.273 e. The van der Waals surface area contributed by atoms with Gasteiger partial charge in [0.1, 0.15) is 0 Å². The molecular formula is C26H30N4O. The third-order valence-electron chi connectivity index (χ3n) is 5.82. The molecule has 0 aliphatic carbocycles. The Hall–Kier alpha value is -3.18. The molecule has 0 spiro atoms. The lowest BCUT2D eigenvalue weighted by atomic mass is 10.1. The number of aromatic nitrogens is 3. The normalized spacial score (nSPS) is 16.1. The zero-order chi connectivity index (χ0) is 21.6. The summed E-state index contributed by atoms with van der Waals surface area (Å²) in [6.07, 6.45) is 12.8. The fourth-order valence-corrected chi connectivity index (χ4v) is 4.26. The highest BCUT2D eigenvalue weighted by Gasteiger charge is 2.13. The van der Waals surface area contributed by atoms with Gasteiger partial charge in [0.05, 0.1) is 17.0 Å². The summed E-state index contributed by atoms with van der Waals surface area (Å²) >= 11 is 0. The summed E-state index contributed by atoms with van der Waals surface area (Å²) in [6.45, 7) is 9.06. The van der Waals surface area contributed by atoms with Gasteiger partial charge in [0, 0.05) is 23.0 Å². The number of aromatic amines is 2. The first-order chi connectivity index (χ1) is 15.2. The van der Waals surface area contributed by atoms with E-state index in [1.807, 2.05) is 31.2 Å². The Bertz CT molecular complexity index is 1170. The van der Waals surface area contributed by atoms with Crippen molar-refractivity contribution < 1.29 is 0 Å². The van der Waals surface area contributed by atoms with Gasteiger partial charge in [-0.3, -0.25) is 9.69 Å². The van der Waals surface area contributed by atoms with Gasteiger partial charge in [-0.05, 0) is 62.7 Å². The van der Waals surface area contributed by atoms with Crippen LogP contribution in [0.25, 0.3) is 27.7 Å². The van der Waals surface area contributed by atoms with Gasteiger partial charge in [-0.25, -0.2) is 5.10 Å². The van der Waals surface area contributed by atoms with Gasteiger partial charge in [-0.2, -0.15) is 5.10 Å². The number of H-pyrrole nitrogens is 2. The van der Waals surface area contributed by atoms with Crippen LogP contribution in [-0.2, 0) is 6.54 Å². The van der Waals surface area contributed by atoms with E-state index in [0.29, 0.717) is 11.3 Å². The summed E-state index contributed by atoms with van der Waals surface area (Å²) in [7, 11) is 0. The largest absolute Gasteiger partial charge is 0.354 e. The van der Waals surface area contributed by atoms with Crippen LogP contribution in [0.1, 0.15) is 43.9 Å². The number of rotatable bonds is 6. The minimum atomic E-state index is -0.210. The molecule has 2 aromatic heterocycles. The second-order valence-corrected chi connectivity index (χ2v) is 8.15. The van der Waals surface area contributed by atoms with Crippen LogP contribution < -0.4 is 5.56 Å². The van der Waals surface area contributed by atoms with Crippen molar-refractivity contribution in [1.82, 2.24) is 20.1 Å². The standard InChI is InChI=1S/C26H30N4O/c1-3-9-20(10-4-2)24-17-22(26(31)29-28-24)25-16-21-15-19(11-12-23(21)27-25)18-30-13-7-5-6-8-14-30/h3-4,9-12,15-17,27H,1,5-8,13-14,18H2,2H3,(H,29,31)/b10-4-,20-9+. The lowest BCUT2D eigenvalue weighted by Crippen LogP contribution is -2.23. The van der Waals surface area contributed by atoms with Crippen molar-refractivity contribution in [3.8, 4) is 11.3 Å². The maximum Gasteiger partial charge on any atom is 0.273 e. The summed E-state index contributed by atoms with van der Waals surface area (Å²) in [5, 5.41) is 7.98. The molecule has 4 rings (SSSR count). The van der Waals surface area contributed by atoms with Crippen molar-refractivity contribution in [2.45, 2.75) is 39.2 Å². The predicted octanol–water partition coefficient (Wildman–Crippen LogP) is 5.44. The van der Waals surface area contributed by atoms with Crippen molar-refractivity contribution in [2.24, 2.45) is 0 Å². The van der Waals surface area contributed by atoms with Gasteiger partial charge in [0.2, 0.25) is 0 Å². The van der Waals surface area contributed by atoms with E-state index in [1.165, 1.54) is 44.3 Å². The molecular weight excluding hydrogens is 384 g/mol. The molecule has 1 aromatic carbocycles. The second kappa shape index (κ2) is 9.75. The predicted molar refractivity (Wildman–Crippen MR) is 129 cm³/mol. The molecule has 5 heteroatoms. The van der Waals surface area contributed by atoms with Crippen LogP contribution in [0, 0.1) is 0 Å². The molecule has 0 bridgehead atoms. The fourth-order valence-electron chi connectivity index (χ4n) is 4.26. The average Bonchev–Trinajstić information content (AvgIpc) is 3.02. The van der Waals surface area contributed by atoms with E-state index in [2.05, 4.69) is 50.9 Å². The molecule has 1 aliphatic rings. The minimum Gasteiger partial charge on any atom is -0.354 e. The van der Waals surface area contributed by atoms with E-state index < -0.39 is 0 Å². The van der Waals surface area contributed by atoms with Gasteiger partial charge in [0.15, 0.2) is 0 Å². The highest BCUT2D eigenvalue weighted by Crippen LogP contribution is 2.25. The Labute approximate surface area is 183 Å². The molecule has 1 saturated heterocycles. The van der Waals surface area contributed by atoms with Crippen molar-refractivity contribution >= 4 is 16.5 Å². The van der Waals surface area contributed by atoms with Crippen LogP contribution in [0.2, 0.25) is 0 Å². The van der Waals surface area contributed by atoms with Crippen LogP contribution in [0.3, 0.4) is 0 Å². The molecule has 0 unspecified atom stereocenters. The summed E-state index contributed by atoms with van der Waals surface area (Å²) in [5.41, 5.74) is 5.11. The first-order valence-electron chi connectivity index (χ1n) is 11.1. The van der Waals surface area contributed by atoms with Gasteiger partial charge in [-0.15, -0.1) is 0 Å². The molecule has 0 radical (unpaired) electrons. The molecule has 3 aromatic rings. The van der Waals surface area contributed by atoms with Crippen molar-refractivity contribution in [3.63, 3.8) is 0 Å². The highest BCUT2D eigenvalue weighted by atomic mass is 16.1. The first kappa shape index (κ1) is 21.1. The molecule has 2 N–H and O–H groups in total. The number of benzene rings is 1. The molecule has 1 aliphatic heterocycles. The Morgan fingerprint density at radius 3 is 2.71 bits per heavy atom. The van der Waals surface area contributed by atoms with Gasteiger partial charge in [0.25, 0.3) is 5.56 Å². The quantitative estimate of drug-likeness (QED) is 0.528. The molecule has 3 heterocycles. The molecule has 0 amide bonds. The monoisotopic (exact) mass is 414 g/mol.